The summed E-state index contributed by atoms with van der Waals surface area (Å²) >= 11 is 3.36. The van der Waals surface area contributed by atoms with E-state index in [4.69, 9.17) is 4.74 Å². The normalized spacial score (nSPS) is 21.1. The van der Waals surface area contributed by atoms with Crippen LogP contribution in [0.5, 0.6) is 11.5 Å². The van der Waals surface area contributed by atoms with Crippen molar-refractivity contribution in [3.63, 3.8) is 0 Å². The van der Waals surface area contributed by atoms with E-state index in [1.54, 1.807) is 25.3 Å². The highest BCUT2D eigenvalue weighted by Gasteiger charge is 2.36. The summed E-state index contributed by atoms with van der Waals surface area (Å²) in [5, 5.41) is 10.2. The summed E-state index contributed by atoms with van der Waals surface area (Å²) in [7, 11) is 1.58. The lowest BCUT2D eigenvalue weighted by Gasteiger charge is -2.35. The molecular formula is C19H23BrO3. The third-order valence-electron chi connectivity index (χ3n) is 4.38. The Labute approximate surface area is 146 Å². The van der Waals surface area contributed by atoms with Crippen molar-refractivity contribution in [1.29, 1.82) is 0 Å². The van der Waals surface area contributed by atoms with E-state index in [0.717, 1.165) is 17.6 Å². The number of phenolic OH excluding ortho intramolecular Hbond substituents is 1. The third kappa shape index (κ3) is 3.69. The maximum Gasteiger partial charge on any atom is 0.163 e. The fraction of sp³-hybridized carbons (Fsp3) is 0.421. The molecular weight excluding hydrogens is 356 g/mol. The number of hydrogen-bond donors (Lipinski definition) is 1. The van der Waals surface area contributed by atoms with E-state index in [1.807, 2.05) is 19.9 Å². The predicted molar refractivity (Wildman–Crippen MR) is 96.7 cm³/mol. The number of methoxy groups -OCH3 is 1. The number of ketones is 1. The van der Waals surface area contributed by atoms with Gasteiger partial charge < -0.3 is 9.84 Å². The standard InChI is InChI=1S/C19H23BrO3/c1-11-6-17(22)14(19(3,4)10-11)7-12(2)13-8-18(23-5)15(20)9-16(13)21/h6-9,14,21H,10H2,1-5H3/b12-7+. The Bertz CT molecular complexity index is 699. The minimum atomic E-state index is -0.194. The summed E-state index contributed by atoms with van der Waals surface area (Å²) in [5.41, 5.74) is 2.54. The van der Waals surface area contributed by atoms with Crippen LogP contribution in [0.25, 0.3) is 5.57 Å². The van der Waals surface area contributed by atoms with Gasteiger partial charge in [0, 0.05) is 11.5 Å². The second kappa shape index (κ2) is 6.52. The van der Waals surface area contributed by atoms with Gasteiger partial charge in [-0.1, -0.05) is 25.5 Å². The molecule has 4 heteroatoms. The van der Waals surface area contributed by atoms with Gasteiger partial charge in [0.1, 0.15) is 11.5 Å². The van der Waals surface area contributed by atoms with Gasteiger partial charge in [-0.05, 0) is 65.4 Å². The smallest absolute Gasteiger partial charge is 0.163 e. The van der Waals surface area contributed by atoms with Crippen LogP contribution < -0.4 is 4.74 Å². The monoisotopic (exact) mass is 378 g/mol. The van der Waals surface area contributed by atoms with Gasteiger partial charge in [-0.2, -0.15) is 0 Å². The summed E-state index contributed by atoms with van der Waals surface area (Å²) in [4.78, 5) is 12.4. The molecule has 0 radical (unpaired) electrons. The van der Waals surface area contributed by atoms with Crippen LogP contribution in [0, 0.1) is 11.3 Å². The molecule has 0 saturated carbocycles. The lowest BCUT2D eigenvalue weighted by atomic mass is 9.68. The van der Waals surface area contributed by atoms with Crippen LogP contribution in [0.4, 0.5) is 0 Å². The zero-order valence-electron chi connectivity index (χ0n) is 14.2. The highest BCUT2D eigenvalue weighted by molar-refractivity contribution is 9.10. The van der Waals surface area contributed by atoms with Gasteiger partial charge in [0.2, 0.25) is 0 Å². The van der Waals surface area contributed by atoms with E-state index in [0.29, 0.717) is 15.8 Å². The fourth-order valence-corrected chi connectivity index (χ4v) is 3.75. The van der Waals surface area contributed by atoms with Gasteiger partial charge >= 0.3 is 0 Å². The molecule has 2 rings (SSSR count). The number of rotatable bonds is 3. The van der Waals surface area contributed by atoms with E-state index in [-0.39, 0.29) is 22.9 Å². The number of phenols is 1. The Morgan fingerprint density at radius 2 is 2.09 bits per heavy atom. The molecule has 1 aliphatic carbocycles. The molecule has 1 N–H and O–H groups in total. The highest BCUT2D eigenvalue weighted by Crippen LogP contribution is 2.42. The van der Waals surface area contributed by atoms with Crippen molar-refractivity contribution in [2.45, 2.75) is 34.1 Å². The van der Waals surface area contributed by atoms with Crippen LogP contribution in [0.15, 0.2) is 34.3 Å². The molecule has 0 aromatic heterocycles. The molecule has 0 saturated heterocycles. The molecule has 23 heavy (non-hydrogen) atoms. The Hall–Kier alpha value is -1.55. The van der Waals surface area contributed by atoms with Crippen LogP contribution in [-0.2, 0) is 4.79 Å². The fourth-order valence-electron chi connectivity index (χ4n) is 3.26. The van der Waals surface area contributed by atoms with Crippen molar-refractivity contribution in [1.82, 2.24) is 0 Å². The van der Waals surface area contributed by atoms with Gasteiger partial charge in [-0.3, -0.25) is 4.79 Å². The Morgan fingerprint density at radius 3 is 2.65 bits per heavy atom. The first-order valence-electron chi connectivity index (χ1n) is 7.62. The lowest BCUT2D eigenvalue weighted by Crippen LogP contribution is -2.32. The largest absolute Gasteiger partial charge is 0.507 e. The molecule has 0 spiro atoms. The average molecular weight is 379 g/mol. The number of carbonyl (C=O) groups is 1. The Kier molecular flexibility index (Phi) is 5.04. The number of allylic oxidation sites excluding steroid dienone is 4. The Balaban J connectivity index is 2.46. The topological polar surface area (TPSA) is 46.5 Å². The average Bonchev–Trinajstić information content (AvgIpc) is 2.42. The summed E-state index contributed by atoms with van der Waals surface area (Å²) < 4.78 is 5.99. The predicted octanol–water partition coefficient (Wildman–Crippen LogP) is 5.13. The maximum atomic E-state index is 12.4. The molecule has 124 valence electrons. The lowest BCUT2D eigenvalue weighted by molar-refractivity contribution is -0.120. The van der Waals surface area contributed by atoms with Crippen molar-refractivity contribution in [2.75, 3.05) is 7.11 Å². The van der Waals surface area contributed by atoms with E-state index < -0.39 is 0 Å². The number of halogens is 1. The van der Waals surface area contributed by atoms with Crippen molar-refractivity contribution < 1.29 is 14.6 Å². The van der Waals surface area contributed by atoms with Crippen LogP contribution >= 0.6 is 15.9 Å². The third-order valence-corrected chi connectivity index (χ3v) is 5.00. The zero-order valence-corrected chi connectivity index (χ0v) is 15.8. The minimum absolute atomic E-state index is 0.127. The van der Waals surface area contributed by atoms with E-state index in [2.05, 4.69) is 29.8 Å². The van der Waals surface area contributed by atoms with Crippen molar-refractivity contribution >= 4 is 27.3 Å². The van der Waals surface area contributed by atoms with Gasteiger partial charge in [-0.15, -0.1) is 0 Å². The molecule has 0 bridgehead atoms. The van der Waals surface area contributed by atoms with Gasteiger partial charge in [0.25, 0.3) is 0 Å². The molecule has 0 aliphatic heterocycles. The summed E-state index contributed by atoms with van der Waals surface area (Å²) in [6, 6.07) is 3.40. The molecule has 0 fully saturated rings. The van der Waals surface area contributed by atoms with Crippen LogP contribution in [0.2, 0.25) is 0 Å². The molecule has 0 amide bonds. The van der Waals surface area contributed by atoms with E-state index >= 15 is 0 Å². The number of aromatic hydroxyl groups is 1. The number of benzene rings is 1. The van der Waals surface area contributed by atoms with Crippen LogP contribution in [0.1, 0.15) is 39.7 Å². The van der Waals surface area contributed by atoms with Gasteiger partial charge in [-0.25, -0.2) is 0 Å². The molecule has 1 aromatic rings. The summed E-state index contributed by atoms with van der Waals surface area (Å²) in [5.74, 6) is 0.747. The van der Waals surface area contributed by atoms with Crippen molar-refractivity contribution in [3.8, 4) is 11.5 Å². The van der Waals surface area contributed by atoms with Crippen molar-refractivity contribution in [3.05, 3.63) is 39.9 Å². The highest BCUT2D eigenvalue weighted by atomic mass is 79.9. The maximum absolute atomic E-state index is 12.4. The second-order valence-electron chi connectivity index (χ2n) is 6.89. The van der Waals surface area contributed by atoms with Crippen LogP contribution in [-0.4, -0.2) is 18.0 Å². The van der Waals surface area contributed by atoms with Crippen LogP contribution in [0.3, 0.4) is 0 Å². The summed E-state index contributed by atoms with van der Waals surface area (Å²) in [6.07, 6.45) is 4.60. The van der Waals surface area contributed by atoms with E-state index in [9.17, 15) is 9.90 Å². The molecule has 3 nitrogen and oxygen atoms in total. The molecule has 0 heterocycles. The van der Waals surface area contributed by atoms with Gasteiger partial charge in [0.05, 0.1) is 11.6 Å². The Morgan fingerprint density at radius 1 is 1.43 bits per heavy atom. The SMILES string of the molecule is COc1cc(/C(C)=C/C2C(=O)C=C(C)CC2(C)C)c(O)cc1Br. The minimum Gasteiger partial charge on any atom is -0.507 e. The zero-order chi connectivity index (χ0) is 17.4. The summed E-state index contributed by atoms with van der Waals surface area (Å²) in [6.45, 7) is 8.13. The first-order valence-corrected chi connectivity index (χ1v) is 8.41. The van der Waals surface area contributed by atoms with Crippen molar-refractivity contribution in [2.24, 2.45) is 11.3 Å². The number of ether oxygens (including phenoxy) is 1. The first-order chi connectivity index (χ1) is 10.7. The number of carbonyl (C=O) groups excluding carboxylic acids is 1. The quantitative estimate of drug-likeness (QED) is 0.792. The van der Waals surface area contributed by atoms with E-state index in [1.165, 1.54) is 0 Å². The second-order valence-corrected chi connectivity index (χ2v) is 7.74. The molecule has 1 aliphatic rings. The molecule has 1 unspecified atom stereocenters. The first kappa shape index (κ1) is 17.8. The number of hydrogen-bond acceptors (Lipinski definition) is 3. The van der Waals surface area contributed by atoms with Gasteiger partial charge in [0.15, 0.2) is 5.78 Å². The molecule has 1 aromatic carbocycles. The molecule has 1 atom stereocenters.